The first-order valence-electron chi connectivity index (χ1n) is 8.67. The molecule has 0 bridgehead atoms. The van der Waals surface area contributed by atoms with Crippen molar-refractivity contribution in [2.24, 2.45) is 4.99 Å². The SMILES string of the molecule is CCNC(=NCCc1ccc(OC)cc1)N1CCS(=O)(=O)C(C)(C)C1.I. The molecule has 0 radical (unpaired) electrons. The molecule has 6 nitrogen and oxygen atoms in total. The smallest absolute Gasteiger partial charge is 0.194 e. The number of sulfone groups is 1. The molecule has 0 unspecified atom stereocenters. The van der Waals surface area contributed by atoms with E-state index in [0.717, 1.165) is 24.7 Å². The summed E-state index contributed by atoms with van der Waals surface area (Å²) in [6, 6.07) is 7.97. The third-order valence-corrected chi connectivity index (χ3v) is 7.03. The Kier molecular flexibility index (Phi) is 8.65. The van der Waals surface area contributed by atoms with Crippen LogP contribution in [0.2, 0.25) is 0 Å². The zero-order valence-electron chi connectivity index (χ0n) is 16.0. The lowest BCUT2D eigenvalue weighted by Gasteiger charge is -2.39. The van der Waals surface area contributed by atoms with E-state index in [1.54, 1.807) is 21.0 Å². The number of benzene rings is 1. The number of halogens is 1. The van der Waals surface area contributed by atoms with Crippen LogP contribution >= 0.6 is 24.0 Å². The Morgan fingerprint density at radius 2 is 1.96 bits per heavy atom. The van der Waals surface area contributed by atoms with E-state index in [1.807, 2.05) is 31.2 Å². The molecule has 1 saturated heterocycles. The molecule has 1 N–H and O–H groups in total. The molecular formula is C18H30IN3O3S. The first-order chi connectivity index (χ1) is 11.8. The van der Waals surface area contributed by atoms with Crippen LogP contribution < -0.4 is 10.1 Å². The highest BCUT2D eigenvalue weighted by molar-refractivity contribution is 14.0. The molecule has 1 heterocycles. The van der Waals surface area contributed by atoms with E-state index in [0.29, 0.717) is 19.6 Å². The maximum absolute atomic E-state index is 12.2. The molecule has 2 rings (SSSR count). The molecule has 1 aromatic rings. The average Bonchev–Trinajstić information content (AvgIpc) is 2.57. The minimum absolute atomic E-state index is 0. The Hall–Kier alpha value is -1.03. The summed E-state index contributed by atoms with van der Waals surface area (Å²) in [7, 11) is -1.39. The van der Waals surface area contributed by atoms with Crippen LogP contribution in [-0.4, -0.2) is 63.1 Å². The van der Waals surface area contributed by atoms with Crippen LogP contribution in [0.3, 0.4) is 0 Å². The van der Waals surface area contributed by atoms with Crippen LogP contribution in [0.4, 0.5) is 0 Å². The van der Waals surface area contributed by atoms with Crippen LogP contribution in [0.15, 0.2) is 29.3 Å². The van der Waals surface area contributed by atoms with Crippen molar-refractivity contribution in [3.63, 3.8) is 0 Å². The Balaban J connectivity index is 0.00000338. The van der Waals surface area contributed by atoms with Gasteiger partial charge in [-0.2, -0.15) is 0 Å². The largest absolute Gasteiger partial charge is 0.497 e. The molecule has 0 aromatic heterocycles. The number of methoxy groups -OCH3 is 1. The quantitative estimate of drug-likeness (QED) is 0.386. The summed E-state index contributed by atoms with van der Waals surface area (Å²) >= 11 is 0. The fraction of sp³-hybridized carbons (Fsp3) is 0.611. The van der Waals surface area contributed by atoms with Gasteiger partial charge < -0.3 is 15.0 Å². The highest BCUT2D eigenvalue weighted by Crippen LogP contribution is 2.23. The lowest BCUT2D eigenvalue weighted by atomic mass is 10.1. The molecule has 1 aromatic carbocycles. The highest BCUT2D eigenvalue weighted by atomic mass is 127. The summed E-state index contributed by atoms with van der Waals surface area (Å²) in [5.41, 5.74) is 1.20. The van der Waals surface area contributed by atoms with Crippen molar-refractivity contribution in [3.8, 4) is 5.75 Å². The Morgan fingerprint density at radius 1 is 1.31 bits per heavy atom. The van der Waals surface area contributed by atoms with Crippen molar-refractivity contribution >= 4 is 39.8 Å². The predicted octanol–water partition coefficient (Wildman–Crippen LogP) is 2.33. The van der Waals surface area contributed by atoms with Gasteiger partial charge in [-0.05, 0) is 44.9 Å². The highest BCUT2D eigenvalue weighted by Gasteiger charge is 2.40. The van der Waals surface area contributed by atoms with Crippen molar-refractivity contribution in [2.45, 2.75) is 31.9 Å². The average molecular weight is 495 g/mol. The summed E-state index contributed by atoms with van der Waals surface area (Å²) in [5.74, 6) is 1.81. The molecule has 0 saturated carbocycles. The van der Waals surface area contributed by atoms with Crippen molar-refractivity contribution in [2.75, 3.05) is 39.0 Å². The van der Waals surface area contributed by atoms with Gasteiger partial charge in [0.15, 0.2) is 15.8 Å². The van der Waals surface area contributed by atoms with Gasteiger partial charge in [0, 0.05) is 26.2 Å². The van der Waals surface area contributed by atoms with E-state index < -0.39 is 14.6 Å². The van der Waals surface area contributed by atoms with Crippen LogP contribution in [-0.2, 0) is 16.3 Å². The summed E-state index contributed by atoms with van der Waals surface area (Å²) in [6.07, 6.45) is 0.828. The fourth-order valence-corrected chi connectivity index (χ4v) is 4.20. The van der Waals surface area contributed by atoms with Crippen LogP contribution in [0.5, 0.6) is 5.75 Å². The van der Waals surface area contributed by atoms with Gasteiger partial charge in [0.1, 0.15) is 5.75 Å². The number of ether oxygens (including phenoxy) is 1. The second kappa shape index (κ2) is 9.77. The first kappa shape index (κ1) is 23.0. The molecule has 148 valence electrons. The van der Waals surface area contributed by atoms with Crippen molar-refractivity contribution in [1.82, 2.24) is 10.2 Å². The van der Waals surface area contributed by atoms with Gasteiger partial charge in [-0.3, -0.25) is 4.99 Å². The first-order valence-corrected chi connectivity index (χ1v) is 10.3. The van der Waals surface area contributed by atoms with E-state index in [1.165, 1.54) is 5.56 Å². The molecule has 1 fully saturated rings. The minimum Gasteiger partial charge on any atom is -0.497 e. The predicted molar refractivity (Wildman–Crippen MR) is 118 cm³/mol. The number of nitrogens with one attached hydrogen (secondary N) is 1. The molecule has 8 heteroatoms. The standard InChI is InChI=1S/C18H29N3O3S.HI/c1-5-19-17(21-12-13-25(22,23)18(2,3)14-21)20-11-10-15-6-8-16(24-4)9-7-15;/h6-9H,5,10-14H2,1-4H3,(H,19,20);1H. The van der Waals surface area contributed by atoms with Crippen molar-refractivity contribution in [3.05, 3.63) is 29.8 Å². The van der Waals surface area contributed by atoms with Gasteiger partial charge in [0.25, 0.3) is 0 Å². The molecule has 1 aliphatic rings. The fourth-order valence-electron chi connectivity index (χ4n) is 2.83. The second-order valence-corrected chi connectivity index (χ2v) is 9.58. The van der Waals surface area contributed by atoms with Crippen LogP contribution in [0.1, 0.15) is 26.3 Å². The summed E-state index contributed by atoms with van der Waals surface area (Å²) in [4.78, 5) is 6.75. The van der Waals surface area contributed by atoms with E-state index in [-0.39, 0.29) is 29.7 Å². The van der Waals surface area contributed by atoms with E-state index in [2.05, 4.69) is 10.2 Å². The maximum atomic E-state index is 12.2. The van der Waals surface area contributed by atoms with Crippen molar-refractivity contribution < 1.29 is 13.2 Å². The topological polar surface area (TPSA) is 71.0 Å². The van der Waals surface area contributed by atoms with Gasteiger partial charge in [0.05, 0.1) is 17.6 Å². The van der Waals surface area contributed by atoms with Crippen molar-refractivity contribution in [1.29, 1.82) is 0 Å². The van der Waals surface area contributed by atoms with Gasteiger partial charge in [-0.25, -0.2) is 8.42 Å². The summed E-state index contributed by atoms with van der Waals surface area (Å²) < 4.78 is 28.8. The molecule has 1 aliphatic heterocycles. The lowest BCUT2D eigenvalue weighted by Crippen LogP contribution is -2.57. The zero-order chi connectivity index (χ0) is 18.5. The number of rotatable bonds is 5. The second-order valence-electron chi connectivity index (χ2n) is 6.83. The Bertz CT molecular complexity index is 703. The monoisotopic (exact) mass is 495 g/mol. The molecule has 26 heavy (non-hydrogen) atoms. The maximum Gasteiger partial charge on any atom is 0.194 e. The number of hydrogen-bond donors (Lipinski definition) is 1. The number of nitrogens with zero attached hydrogens (tertiary/aromatic N) is 2. The minimum atomic E-state index is -3.05. The zero-order valence-corrected chi connectivity index (χ0v) is 19.1. The normalized spacial score (nSPS) is 18.8. The number of guanidine groups is 1. The van der Waals surface area contributed by atoms with Gasteiger partial charge in [0.2, 0.25) is 0 Å². The van der Waals surface area contributed by atoms with E-state index in [4.69, 9.17) is 9.73 Å². The Morgan fingerprint density at radius 3 is 2.50 bits per heavy atom. The van der Waals surface area contributed by atoms with Gasteiger partial charge in [-0.15, -0.1) is 24.0 Å². The molecule has 0 amide bonds. The van der Waals surface area contributed by atoms with Gasteiger partial charge in [-0.1, -0.05) is 12.1 Å². The third kappa shape index (κ3) is 5.73. The van der Waals surface area contributed by atoms with Crippen LogP contribution in [0.25, 0.3) is 0 Å². The molecule has 0 atom stereocenters. The molecule has 0 aliphatic carbocycles. The van der Waals surface area contributed by atoms with E-state index in [9.17, 15) is 8.42 Å². The number of hydrogen-bond acceptors (Lipinski definition) is 4. The summed E-state index contributed by atoms with van der Waals surface area (Å²) in [5, 5.41) is 3.28. The van der Waals surface area contributed by atoms with Gasteiger partial charge >= 0.3 is 0 Å². The lowest BCUT2D eigenvalue weighted by molar-refractivity contribution is 0.353. The number of aliphatic imine (C=N–C) groups is 1. The molecule has 0 spiro atoms. The Labute approximate surface area is 174 Å². The summed E-state index contributed by atoms with van der Waals surface area (Å²) in [6.45, 7) is 7.95. The van der Waals surface area contributed by atoms with E-state index >= 15 is 0 Å². The molecular weight excluding hydrogens is 465 g/mol. The third-order valence-electron chi connectivity index (χ3n) is 4.50. The van der Waals surface area contributed by atoms with Crippen LogP contribution in [0, 0.1) is 0 Å².